The second-order valence-corrected chi connectivity index (χ2v) is 5.91. The highest BCUT2D eigenvalue weighted by atomic mass is 16.5. The van der Waals surface area contributed by atoms with Crippen molar-refractivity contribution in [2.24, 2.45) is 0 Å². The molecule has 3 rings (SSSR count). The van der Waals surface area contributed by atoms with E-state index < -0.39 is 0 Å². The molecule has 0 unspecified atom stereocenters. The first-order chi connectivity index (χ1) is 11.8. The van der Waals surface area contributed by atoms with Gasteiger partial charge in [0, 0.05) is 32.2 Å². The molecule has 1 N–H and O–H groups in total. The fraction of sp³-hybridized carbons (Fsp3) is 0.444. The van der Waals surface area contributed by atoms with Crippen LogP contribution < -0.4 is 0 Å². The fourth-order valence-electron chi connectivity index (χ4n) is 3.17. The number of hydrogen-bond acceptors (Lipinski definition) is 4. The fourth-order valence-corrected chi connectivity index (χ4v) is 3.17. The van der Waals surface area contributed by atoms with Gasteiger partial charge in [0.1, 0.15) is 5.69 Å². The molecule has 1 aliphatic rings. The van der Waals surface area contributed by atoms with Gasteiger partial charge in [-0.15, -0.1) is 0 Å². The van der Waals surface area contributed by atoms with E-state index in [4.69, 9.17) is 9.47 Å². The van der Waals surface area contributed by atoms with Crippen molar-refractivity contribution in [3.63, 3.8) is 0 Å². The number of nitrogens with zero attached hydrogens (tertiary/aromatic N) is 2. The number of likely N-dealkylation sites (tertiary alicyclic amines) is 1. The Balaban J connectivity index is 1.75. The summed E-state index contributed by atoms with van der Waals surface area (Å²) in [6.45, 7) is 1.79. The van der Waals surface area contributed by atoms with Crippen molar-refractivity contribution < 1.29 is 14.3 Å². The van der Waals surface area contributed by atoms with Gasteiger partial charge < -0.3 is 19.4 Å². The van der Waals surface area contributed by atoms with E-state index in [2.05, 4.69) is 9.97 Å². The van der Waals surface area contributed by atoms with Crippen LogP contribution in [-0.2, 0) is 15.9 Å². The van der Waals surface area contributed by atoms with E-state index in [1.165, 1.54) is 0 Å². The predicted molar refractivity (Wildman–Crippen MR) is 89.8 cm³/mol. The number of aromatic nitrogens is 2. The molecule has 0 spiro atoms. The van der Waals surface area contributed by atoms with E-state index in [1.807, 2.05) is 35.4 Å². The normalized spacial score (nSPS) is 20.5. The third kappa shape index (κ3) is 3.83. The van der Waals surface area contributed by atoms with Crippen LogP contribution in [0.1, 0.15) is 22.5 Å². The first kappa shape index (κ1) is 16.7. The number of H-pyrrole nitrogens is 1. The summed E-state index contributed by atoms with van der Waals surface area (Å²) in [4.78, 5) is 21.9. The van der Waals surface area contributed by atoms with Gasteiger partial charge in [-0.2, -0.15) is 0 Å². The lowest BCUT2D eigenvalue weighted by Crippen LogP contribution is -2.42. The molecule has 0 saturated carbocycles. The Morgan fingerprint density at radius 3 is 3.00 bits per heavy atom. The predicted octanol–water partition coefficient (Wildman–Crippen LogP) is 1.90. The highest BCUT2D eigenvalue weighted by Crippen LogP contribution is 2.26. The Morgan fingerprint density at radius 1 is 1.38 bits per heavy atom. The molecule has 2 aromatic heterocycles. The maximum Gasteiger partial charge on any atom is 0.270 e. The summed E-state index contributed by atoms with van der Waals surface area (Å²) in [6.07, 6.45) is 6.96. The number of amides is 1. The van der Waals surface area contributed by atoms with Gasteiger partial charge in [0.2, 0.25) is 0 Å². The number of aromatic amines is 1. The Morgan fingerprint density at radius 2 is 2.29 bits per heavy atom. The van der Waals surface area contributed by atoms with Crippen molar-refractivity contribution >= 4 is 5.91 Å². The van der Waals surface area contributed by atoms with E-state index in [0.29, 0.717) is 25.5 Å². The first-order valence-corrected chi connectivity index (χ1v) is 8.23. The lowest BCUT2D eigenvalue weighted by atomic mass is 10.0. The van der Waals surface area contributed by atoms with Crippen LogP contribution in [0.3, 0.4) is 0 Å². The molecular weight excluding hydrogens is 306 g/mol. The van der Waals surface area contributed by atoms with Gasteiger partial charge in [-0.1, -0.05) is 6.07 Å². The molecule has 1 aliphatic heterocycles. The molecule has 128 valence electrons. The molecule has 0 aliphatic carbocycles. The molecule has 2 atom stereocenters. The summed E-state index contributed by atoms with van der Waals surface area (Å²) < 4.78 is 11.0. The molecule has 6 nitrogen and oxygen atoms in total. The molecule has 0 aromatic carbocycles. The number of rotatable bonds is 7. The number of methoxy groups -OCH3 is 1. The molecule has 24 heavy (non-hydrogen) atoms. The molecule has 0 radical (unpaired) electrons. The molecular formula is C18H23N3O3. The quantitative estimate of drug-likeness (QED) is 0.788. The molecule has 0 bridgehead atoms. The first-order valence-electron chi connectivity index (χ1n) is 8.23. The van der Waals surface area contributed by atoms with Crippen LogP contribution in [0, 0.1) is 0 Å². The Bertz CT molecular complexity index is 630. The van der Waals surface area contributed by atoms with Gasteiger partial charge in [-0.05, 0) is 36.6 Å². The van der Waals surface area contributed by atoms with Crippen LogP contribution >= 0.6 is 0 Å². The minimum Gasteiger partial charge on any atom is -0.382 e. The Hall–Kier alpha value is -2.18. The third-order valence-electron chi connectivity index (χ3n) is 4.36. The van der Waals surface area contributed by atoms with Crippen molar-refractivity contribution in [2.75, 3.05) is 26.9 Å². The SMILES string of the molecule is COCCO[C@@H]1CCN(C(=O)c2ccc[nH]2)[C@@H]1Cc1cccnc1. The Labute approximate surface area is 141 Å². The summed E-state index contributed by atoms with van der Waals surface area (Å²) in [7, 11) is 1.66. The summed E-state index contributed by atoms with van der Waals surface area (Å²) in [5.41, 5.74) is 1.72. The average molecular weight is 329 g/mol. The summed E-state index contributed by atoms with van der Waals surface area (Å²) >= 11 is 0. The highest BCUT2D eigenvalue weighted by molar-refractivity contribution is 5.92. The number of nitrogens with one attached hydrogen (secondary N) is 1. The van der Waals surface area contributed by atoms with Gasteiger partial charge >= 0.3 is 0 Å². The standard InChI is InChI=1S/C18H23N3O3/c1-23-10-11-24-17-6-9-21(18(22)15-5-3-8-20-15)16(17)12-14-4-2-7-19-13-14/h2-5,7-8,13,16-17,20H,6,9-12H2,1H3/t16-,17-/m1/s1. The second-order valence-electron chi connectivity index (χ2n) is 5.91. The van der Waals surface area contributed by atoms with Crippen LogP contribution in [0.4, 0.5) is 0 Å². The van der Waals surface area contributed by atoms with Gasteiger partial charge in [0.05, 0.1) is 25.4 Å². The van der Waals surface area contributed by atoms with Gasteiger partial charge in [-0.3, -0.25) is 9.78 Å². The highest BCUT2D eigenvalue weighted by Gasteiger charge is 2.38. The zero-order valence-electron chi connectivity index (χ0n) is 13.9. The monoisotopic (exact) mass is 329 g/mol. The number of pyridine rings is 1. The van der Waals surface area contributed by atoms with Crippen molar-refractivity contribution in [1.82, 2.24) is 14.9 Å². The number of carbonyl (C=O) groups is 1. The van der Waals surface area contributed by atoms with Crippen molar-refractivity contribution in [1.29, 1.82) is 0 Å². The van der Waals surface area contributed by atoms with Gasteiger partial charge in [0.15, 0.2) is 0 Å². The van der Waals surface area contributed by atoms with Crippen LogP contribution in [0.2, 0.25) is 0 Å². The molecule has 6 heteroatoms. The van der Waals surface area contributed by atoms with Gasteiger partial charge in [0.25, 0.3) is 5.91 Å². The molecule has 1 fully saturated rings. The van der Waals surface area contributed by atoms with E-state index >= 15 is 0 Å². The minimum atomic E-state index is 0.00172. The molecule has 1 amide bonds. The second kappa shape index (κ2) is 8.08. The maximum absolute atomic E-state index is 12.8. The van der Waals surface area contributed by atoms with Crippen molar-refractivity contribution in [3.05, 3.63) is 54.1 Å². The van der Waals surface area contributed by atoms with E-state index in [9.17, 15) is 4.79 Å². The lowest BCUT2D eigenvalue weighted by molar-refractivity contribution is 0.000415. The van der Waals surface area contributed by atoms with Crippen LogP contribution in [0.5, 0.6) is 0 Å². The molecule has 3 heterocycles. The summed E-state index contributed by atoms with van der Waals surface area (Å²) in [6, 6.07) is 7.60. The average Bonchev–Trinajstić information content (AvgIpc) is 3.26. The lowest BCUT2D eigenvalue weighted by Gasteiger charge is -2.28. The number of hydrogen-bond donors (Lipinski definition) is 1. The zero-order chi connectivity index (χ0) is 16.8. The van der Waals surface area contributed by atoms with E-state index in [-0.39, 0.29) is 18.1 Å². The zero-order valence-corrected chi connectivity index (χ0v) is 13.9. The van der Waals surface area contributed by atoms with Gasteiger partial charge in [-0.25, -0.2) is 0 Å². The topological polar surface area (TPSA) is 67.5 Å². The molecule has 1 saturated heterocycles. The van der Waals surface area contributed by atoms with E-state index in [1.54, 1.807) is 19.5 Å². The smallest absolute Gasteiger partial charge is 0.270 e. The number of ether oxygens (including phenoxy) is 2. The van der Waals surface area contributed by atoms with Crippen molar-refractivity contribution in [3.8, 4) is 0 Å². The minimum absolute atomic E-state index is 0.00172. The molecule has 2 aromatic rings. The van der Waals surface area contributed by atoms with Crippen molar-refractivity contribution in [2.45, 2.75) is 25.0 Å². The Kier molecular flexibility index (Phi) is 5.61. The summed E-state index contributed by atoms with van der Waals surface area (Å²) in [5, 5.41) is 0. The van der Waals surface area contributed by atoms with Crippen LogP contribution in [0.15, 0.2) is 42.9 Å². The number of carbonyl (C=O) groups excluding carboxylic acids is 1. The largest absolute Gasteiger partial charge is 0.382 e. The van der Waals surface area contributed by atoms with Crippen LogP contribution in [-0.4, -0.2) is 59.8 Å². The third-order valence-corrected chi connectivity index (χ3v) is 4.36. The maximum atomic E-state index is 12.8. The van der Waals surface area contributed by atoms with Crippen LogP contribution in [0.25, 0.3) is 0 Å². The summed E-state index contributed by atoms with van der Waals surface area (Å²) in [5.74, 6) is 0.0201. The van der Waals surface area contributed by atoms with E-state index in [0.717, 1.165) is 18.4 Å².